The van der Waals surface area contributed by atoms with Crippen LogP contribution < -0.4 is 0 Å². The molecule has 2 aliphatic rings. The minimum Gasteiger partial charge on any atom is -0.0622 e. The van der Waals surface area contributed by atoms with Gasteiger partial charge in [-0.1, -0.05) is 42.5 Å². The van der Waals surface area contributed by atoms with Crippen molar-refractivity contribution in [2.24, 2.45) is 0 Å². The minimum absolute atomic E-state index is 1.07. The van der Waals surface area contributed by atoms with Crippen LogP contribution in [0.3, 0.4) is 0 Å². The van der Waals surface area contributed by atoms with Gasteiger partial charge < -0.3 is 0 Å². The molecule has 0 aliphatic heterocycles. The molecule has 0 spiro atoms. The van der Waals surface area contributed by atoms with Gasteiger partial charge >= 0.3 is 0 Å². The maximum atomic E-state index is 3.76. The Morgan fingerprint density at radius 2 is 1.21 bits per heavy atom. The largest absolute Gasteiger partial charge is 0.0622 e. The lowest BCUT2D eigenvalue weighted by Gasteiger charge is -1.82. The second kappa shape index (κ2) is 3.67. The Labute approximate surface area is 85.2 Å². The first kappa shape index (κ1) is 9.01. The minimum atomic E-state index is 1.07. The van der Waals surface area contributed by atoms with Crippen LogP contribution in [-0.4, -0.2) is 0 Å². The van der Waals surface area contributed by atoms with E-state index in [1.54, 1.807) is 0 Å². The maximum absolute atomic E-state index is 3.76. The first-order chi connectivity index (χ1) is 6.75. The molecule has 3 rings (SSSR count). The van der Waals surface area contributed by atoms with Crippen LogP contribution in [0, 0.1) is 13.8 Å². The summed E-state index contributed by atoms with van der Waals surface area (Å²) < 4.78 is 0. The van der Waals surface area contributed by atoms with Gasteiger partial charge in [0.05, 0.1) is 0 Å². The van der Waals surface area contributed by atoms with E-state index in [1.165, 1.54) is 11.1 Å². The van der Waals surface area contributed by atoms with E-state index in [-0.39, 0.29) is 0 Å². The molecule has 0 fully saturated rings. The second-order valence-electron chi connectivity index (χ2n) is 3.40. The Balaban J connectivity index is 0.000000107. The lowest BCUT2D eigenvalue weighted by Crippen LogP contribution is -1.62. The topological polar surface area (TPSA) is 0 Å². The highest BCUT2D eigenvalue weighted by atomic mass is 14.1. The lowest BCUT2D eigenvalue weighted by molar-refractivity contribution is 1.62. The van der Waals surface area contributed by atoms with Gasteiger partial charge in [-0.2, -0.15) is 0 Å². The molecule has 0 heteroatoms. The maximum Gasteiger partial charge on any atom is -0.0175 e. The Hall–Kier alpha value is -1.56. The third-order valence-electron chi connectivity index (χ3n) is 2.09. The van der Waals surface area contributed by atoms with Crippen LogP contribution >= 0.6 is 0 Å². The first-order valence-electron chi connectivity index (χ1n) is 4.60. The molecule has 14 heavy (non-hydrogen) atoms. The average molecular weight is 180 g/mol. The molecule has 0 atom stereocenters. The Morgan fingerprint density at radius 1 is 0.643 bits per heavy atom. The lowest BCUT2D eigenvalue weighted by atomic mass is 10.2. The van der Waals surface area contributed by atoms with Crippen LogP contribution in [0.2, 0.25) is 0 Å². The average Bonchev–Trinajstić information content (AvgIpc) is 2.77. The number of rotatable bonds is 0. The molecule has 0 amide bonds. The molecule has 0 saturated heterocycles. The van der Waals surface area contributed by atoms with E-state index in [2.05, 4.69) is 32.0 Å². The molecule has 0 aromatic heterocycles. The molecular weight excluding hydrogens is 168 g/mol. The van der Waals surface area contributed by atoms with Gasteiger partial charge in [-0.15, -0.1) is 0 Å². The summed E-state index contributed by atoms with van der Waals surface area (Å²) in [6, 6.07) is 16.2. The van der Waals surface area contributed by atoms with E-state index in [1.807, 2.05) is 30.3 Å². The number of fused-ring (bicyclic) bond motifs is 1. The highest BCUT2D eigenvalue weighted by Crippen LogP contribution is 2.35. The molecule has 1 aromatic carbocycles. The fraction of sp³-hybridized carbons (Fsp3) is 0. The van der Waals surface area contributed by atoms with Crippen LogP contribution in [0.5, 0.6) is 0 Å². The number of hydrogen-bond donors (Lipinski definition) is 0. The van der Waals surface area contributed by atoms with E-state index < -0.39 is 0 Å². The van der Waals surface area contributed by atoms with Gasteiger partial charge in [0.25, 0.3) is 0 Å². The molecule has 68 valence electrons. The van der Waals surface area contributed by atoms with E-state index in [0.29, 0.717) is 0 Å². The van der Waals surface area contributed by atoms with E-state index in [4.69, 9.17) is 0 Å². The van der Waals surface area contributed by atoms with Crippen molar-refractivity contribution in [3.63, 3.8) is 0 Å². The summed E-state index contributed by atoms with van der Waals surface area (Å²) in [5.74, 6) is 0. The Kier molecular flexibility index (Phi) is 2.36. The van der Waals surface area contributed by atoms with Crippen LogP contribution in [-0.2, 0) is 0 Å². The summed E-state index contributed by atoms with van der Waals surface area (Å²) in [6.07, 6.45) is 0. The highest BCUT2D eigenvalue weighted by molar-refractivity contribution is 5.82. The Morgan fingerprint density at radius 3 is 1.50 bits per heavy atom. The van der Waals surface area contributed by atoms with Gasteiger partial charge in [-0.25, -0.2) is 0 Å². The summed E-state index contributed by atoms with van der Waals surface area (Å²) in [5, 5.41) is 0. The molecule has 0 unspecified atom stereocenters. The number of hydrogen-bond acceptors (Lipinski definition) is 0. The molecule has 0 heterocycles. The van der Waals surface area contributed by atoms with Crippen LogP contribution in [0.25, 0.3) is 11.1 Å². The van der Waals surface area contributed by atoms with Crippen molar-refractivity contribution in [2.75, 3.05) is 0 Å². The normalized spacial score (nSPS) is 10.1. The zero-order chi connectivity index (χ0) is 9.97. The summed E-state index contributed by atoms with van der Waals surface area (Å²) in [7, 11) is 0. The van der Waals surface area contributed by atoms with Crippen molar-refractivity contribution in [1.82, 2.24) is 0 Å². The van der Waals surface area contributed by atoms with Crippen LogP contribution in [0.15, 0.2) is 48.5 Å². The molecule has 2 aliphatic carbocycles. The van der Waals surface area contributed by atoms with Crippen LogP contribution in [0.1, 0.15) is 11.1 Å². The SMILES string of the molecule is [CH2]c1cc2cc-2c1.[CH2]c1ccccc1. The third kappa shape index (κ3) is 2.23. The van der Waals surface area contributed by atoms with Crippen molar-refractivity contribution in [3.05, 3.63) is 73.5 Å². The van der Waals surface area contributed by atoms with E-state index in [0.717, 1.165) is 11.1 Å². The summed E-state index contributed by atoms with van der Waals surface area (Å²) >= 11 is 0. The van der Waals surface area contributed by atoms with Crippen molar-refractivity contribution in [1.29, 1.82) is 0 Å². The standard InChI is InChI=1S/C7H5.C7H7/c1-5-2-6-4-7(6)3-5;1-7-5-3-2-4-6-7/h2-4H,1H2;2-6H,1H2. The van der Waals surface area contributed by atoms with Gasteiger partial charge in [-0.05, 0) is 42.2 Å². The molecule has 0 saturated carbocycles. The predicted octanol–water partition coefficient (Wildman–Crippen LogP) is 3.72. The zero-order valence-corrected chi connectivity index (χ0v) is 8.03. The fourth-order valence-corrected chi connectivity index (χ4v) is 1.30. The van der Waals surface area contributed by atoms with Crippen molar-refractivity contribution in [2.45, 2.75) is 0 Å². The predicted molar refractivity (Wildman–Crippen MR) is 60.8 cm³/mol. The molecule has 1 aromatic rings. The molecule has 0 nitrogen and oxygen atoms in total. The third-order valence-corrected chi connectivity index (χ3v) is 2.09. The van der Waals surface area contributed by atoms with Gasteiger partial charge in [0.15, 0.2) is 0 Å². The monoisotopic (exact) mass is 180 g/mol. The van der Waals surface area contributed by atoms with Crippen molar-refractivity contribution < 1.29 is 0 Å². The molecule has 2 radical (unpaired) electrons. The van der Waals surface area contributed by atoms with Gasteiger partial charge in [0, 0.05) is 0 Å². The summed E-state index contributed by atoms with van der Waals surface area (Å²) in [6.45, 7) is 7.48. The second-order valence-corrected chi connectivity index (χ2v) is 3.40. The zero-order valence-electron chi connectivity index (χ0n) is 8.03. The molecule has 0 N–H and O–H groups in total. The van der Waals surface area contributed by atoms with Crippen molar-refractivity contribution in [3.8, 4) is 11.1 Å². The quantitative estimate of drug-likeness (QED) is 0.494. The van der Waals surface area contributed by atoms with Gasteiger partial charge in [-0.3, -0.25) is 0 Å². The van der Waals surface area contributed by atoms with E-state index >= 15 is 0 Å². The summed E-state index contributed by atoms with van der Waals surface area (Å²) in [4.78, 5) is 0. The molecule has 0 bridgehead atoms. The number of benzene rings is 2. The van der Waals surface area contributed by atoms with Crippen molar-refractivity contribution >= 4 is 0 Å². The van der Waals surface area contributed by atoms with Gasteiger partial charge in [0.1, 0.15) is 0 Å². The smallest absolute Gasteiger partial charge is 0.0175 e. The fourth-order valence-electron chi connectivity index (χ4n) is 1.30. The molecular formula is C14H12. The van der Waals surface area contributed by atoms with E-state index in [9.17, 15) is 0 Å². The first-order valence-corrected chi connectivity index (χ1v) is 4.60. The highest BCUT2D eigenvalue weighted by Gasteiger charge is 2.10. The summed E-state index contributed by atoms with van der Waals surface area (Å²) in [5.41, 5.74) is 4.98. The van der Waals surface area contributed by atoms with Crippen LogP contribution in [0.4, 0.5) is 0 Å². The Bertz CT molecular complexity index is 407. The van der Waals surface area contributed by atoms with Gasteiger partial charge in [0.2, 0.25) is 0 Å².